The molecule has 28 heavy (non-hydrogen) atoms. The lowest BCUT2D eigenvalue weighted by Crippen LogP contribution is -2.44. The molecule has 0 bridgehead atoms. The van der Waals surface area contributed by atoms with E-state index in [1.54, 1.807) is 0 Å². The van der Waals surface area contributed by atoms with Crippen molar-refractivity contribution in [2.24, 2.45) is 0 Å². The van der Waals surface area contributed by atoms with Crippen molar-refractivity contribution in [2.75, 3.05) is 43.4 Å². The lowest BCUT2D eigenvalue weighted by atomic mass is 9.95. The Labute approximate surface area is 164 Å². The molecule has 2 N–H and O–H groups in total. The number of nitrogens with zero attached hydrogens (tertiary/aromatic N) is 2. The van der Waals surface area contributed by atoms with E-state index in [1.165, 1.54) is 5.39 Å². The van der Waals surface area contributed by atoms with Crippen molar-refractivity contribution in [3.8, 4) is 0 Å². The summed E-state index contributed by atoms with van der Waals surface area (Å²) in [6, 6.07) is 16.3. The van der Waals surface area contributed by atoms with Crippen LogP contribution in [0.5, 0.6) is 0 Å². The maximum absolute atomic E-state index is 12.8. The van der Waals surface area contributed by atoms with Crippen LogP contribution in [-0.4, -0.2) is 49.0 Å². The second-order valence-electron chi connectivity index (χ2n) is 7.68. The third kappa shape index (κ3) is 2.62. The van der Waals surface area contributed by atoms with Crippen LogP contribution in [0.4, 0.5) is 11.5 Å². The molecule has 0 aliphatic carbocycles. The molecule has 142 valence electrons. The lowest BCUT2D eigenvalue weighted by Gasteiger charge is -2.34. The summed E-state index contributed by atoms with van der Waals surface area (Å²) in [5.41, 5.74) is 5.92. The van der Waals surface area contributed by atoms with E-state index in [-0.39, 0.29) is 5.91 Å². The number of rotatable bonds is 2. The molecule has 3 aromatic rings. The van der Waals surface area contributed by atoms with Gasteiger partial charge in [-0.2, -0.15) is 0 Å². The summed E-state index contributed by atoms with van der Waals surface area (Å²) in [5.74, 6) is 1.10. The van der Waals surface area contributed by atoms with Crippen molar-refractivity contribution in [3.63, 3.8) is 0 Å². The topological polar surface area (TPSA) is 51.4 Å². The van der Waals surface area contributed by atoms with Gasteiger partial charge in [-0.25, -0.2) is 0 Å². The van der Waals surface area contributed by atoms with E-state index < -0.39 is 0 Å². The van der Waals surface area contributed by atoms with Crippen molar-refractivity contribution in [1.82, 2.24) is 9.88 Å². The van der Waals surface area contributed by atoms with Gasteiger partial charge in [0.2, 0.25) is 0 Å². The number of benzene rings is 2. The first-order chi connectivity index (χ1) is 13.6. The molecule has 0 saturated carbocycles. The number of allylic oxidation sites excluding steroid dienone is 1. The molecule has 1 saturated heterocycles. The average molecular weight is 372 g/mol. The molecule has 1 amide bonds. The summed E-state index contributed by atoms with van der Waals surface area (Å²) in [7, 11) is 2.16. The van der Waals surface area contributed by atoms with Gasteiger partial charge in [-0.05, 0) is 31.7 Å². The number of fused-ring (bicyclic) bond motifs is 2. The van der Waals surface area contributed by atoms with Crippen LogP contribution in [0.25, 0.3) is 22.0 Å². The Morgan fingerprint density at radius 3 is 2.50 bits per heavy atom. The minimum atomic E-state index is -0.0201. The number of likely N-dealkylation sites (N-methyl/N-ethyl adjacent to an activating group) is 1. The second kappa shape index (κ2) is 6.53. The first kappa shape index (κ1) is 17.1. The Morgan fingerprint density at radius 2 is 1.68 bits per heavy atom. The van der Waals surface area contributed by atoms with E-state index in [9.17, 15) is 4.79 Å². The van der Waals surface area contributed by atoms with Crippen LogP contribution < -0.4 is 10.2 Å². The Hall–Kier alpha value is -3.05. The molecule has 1 fully saturated rings. The molecule has 1 aromatic heterocycles. The van der Waals surface area contributed by atoms with Crippen LogP contribution in [0.15, 0.2) is 48.5 Å². The zero-order chi connectivity index (χ0) is 19.3. The molecular formula is C23H24N4O. The fourth-order valence-corrected chi connectivity index (χ4v) is 4.39. The number of nitrogens with one attached hydrogen (secondary N) is 2. The fraction of sp³-hybridized carbons (Fsp3) is 0.261. The van der Waals surface area contributed by atoms with Crippen LogP contribution in [0.2, 0.25) is 0 Å². The number of aromatic nitrogens is 1. The molecule has 0 radical (unpaired) electrons. The summed E-state index contributed by atoms with van der Waals surface area (Å²) >= 11 is 0. The first-order valence-corrected chi connectivity index (χ1v) is 9.79. The van der Waals surface area contributed by atoms with Crippen LogP contribution in [0.3, 0.4) is 0 Å². The van der Waals surface area contributed by atoms with Gasteiger partial charge in [-0.1, -0.05) is 36.4 Å². The number of hydrogen-bond donors (Lipinski definition) is 2. The molecule has 2 aliphatic rings. The standard InChI is InChI=1S/C23H24N4O/c1-15(21-17-8-4-6-10-19(17)25-23(21)28)20-16-7-3-5-9-18(16)24-22(20)27-13-11-26(2)12-14-27/h3-10,24H,11-14H2,1-2H3,(H,25,28)/b21-15-. The Morgan fingerprint density at radius 1 is 0.964 bits per heavy atom. The Bertz CT molecular complexity index is 1100. The Balaban J connectivity index is 1.72. The first-order valence-electron chi connectivity index (χ1n) is 9.79. The van der Waals surface area contributed by atoms with Gasteiger partial charge in [0, 0.05) is 53.9 Å². The van der Waals surface area contributed by atoms with Gasteiger partial charge in [0.25, 0.3) is 5.91 Å². The van der Waals surface area contributed by atoms with Crippen molar-refractivity contribution in [2.45, 2.75) is 6.92 Å². The van der Waals surface area contributed by atoms with Crippen molar-refractivity contribution in [1.29, 1.82) is 0 Å². The summed E-state index contributed by atoms with van der Waals surface area (Å²) in [6.07, 6.45) is 0. The van der Waals surface area contributed by atoms with E-state index in [4.69, 9.17) is 0 Å². The number of piperazine rings is 1. The fourth-order valence-electron chi connectivity index (χ4n) is 4.39. The van der Waals surface area contributed by atoms with E-state index in [2.05, 4.69) is 58.3 Å². The number of H-pyrrole nitrogens is 1. The van der Waals surface area contributed by atoms with Crippen LogP contribution in [0.1, 0.15) is 18.1 Å². The molecule has 0 unspecified atom stereocenters. The largest absolute Gasteiger partial charge is 0.355 e. The van der Waals surface area contributed by atoms with Gasteiger partial charge in [-0.15, -0.1) is 0 Å². The highest BCUT2D eigenvalue weighted by Gasteiger charge is 2.29. The number of amides is 1. The zero-order valence-electron chi connectivity index (χ0n) is 16.2. The predicted molar refractivity (Wildman–Crippen MR) is 116 cm³/mol. The SMILES string of the molecule is C/C(=C1/C(=O)Nc2ccccc21)c1c(N2CCN(C)CC2)[nH]c2ccccc12. The minimum absolute atomic E-state index is 0.0201. The number of para-hydroxylation sites is 2. The third-order valence-electron chi connectivity index (χ3n) is 5.93. The van der Waals surface area contributed by atoms with Crippen molar-refractivity contribution < 1.29 is 4.79 Å². The maximum Gasteiger partial charge on any atom is 0.256 e. The highest BCUT2D eigenvalue weighted by Crippen LogP contribution is 2.42. The Kier molecular flexibility index (Phi) is 3.98. The molecule has 5 nitrogen and oxygen atoms in total. The van der Waals surface area contributed by atoms with Gasteiger partial charge in [0.05, 0.1) is 5.57 Å². The number of anilines is 2. The number of carbonyl (C=O) groups is 1. The maximum atomic E-state index is 12.8. The monoisotopic (exact) mass is 372 g/mol. The highest BCUT2D eigenvalue weighted by atomic mass is 16.2. The van der Waals surface area contributed by atoms with E-state index in [0.29, 0.717) is 0 Å². The van der Waals surface area contributed by atoms with Gasteiger partial charge >= 0.3 is 0 Å². The molecule has 5 heteroatoms. The van der Waals surface area contributed by atoms with Gasteiger partial charge in [0.1, 0.15) is 5.82 Å². The van der Waals surface area contributed by atoms with Gasteiger partial charge in [-0.3, -0.25) is 4.79 Å². The quantitative estimate of drug-likeness (QED) is 0.673. The molecule has 0 atom stereocenters. The molecule has 2 aromatic carbocycles. The average Bonchev–Trinajstić information content (AvgIpc) is 3.25. The van der Waals surface area contributed by atoms with Crippen molar-refractivity contribution >= 4 is 39.5 Å². The molecule has 0 spiro atoms. The zero-order valence-corrected chi connectivity index (χ0v) is 16.2. The van der Waals surface area contributed by atoms with Crippen LogP contribution in [0, 0.1) is 0 Å². The van der Waals surface area contributed by atoms with Crippen LogP contribution >= 0.6 is 0 Å². The normalized spacial score (nSPS) is 19.1. The van der Waals surface area contributed by atoms with Gasteiger partial charge in [0.15, 0.2) is 0 Å². The number of hydrogen-bond acceptors (Lipinski definition) is 3. The lowest BCUT2D eigenvalue weighted by molar-refractivity contribution is -0.110. The number of aromatic amines is 1. The summed E-state index contributed by atoms with van der Waals surface area (Å²) < 4.78 is 0. The highest BCUT2D eigenvalue weighted by molar-refractivity contribution is 6.37. The predicted octanol–water partition coefficient (Wildman–Crippen LogP) is 3.80. The number of carbonyl (C=O) groups excluding carboxylic acids is 1. The summed E-state index contributed by atoms with van der Waals surface area (Å²) in [6.45, 7) is 6.09. The molecule has 2 aliphatic heterocycles. The third-order valence-corrected chi connectivity index (χ3v) is 5.93. The van der Waals surface area contributed by atoms with Crippen molar-refractivity contribution in [3.05, 3.63) is 59.7 Å². The smallest absolute Gasteiger partial charge is 0.256 e. The molecular weight excluding hydrogens is 348 g/mol. The summed E-state index contributed by atoms with van der Waals surface area (Å²) in [4.78, 5) is 21.2. The van der Waals surface area contributed by atoms with Gasteiger partial charge < -0.3 is 20.1 Å². The van der Waals surface area contributed by atoms with E-state index in [0.717, 1.165) is 65.5 Å². The van der Waals surface area contributed by atoms with E-state index >= 15 is 0 Å². The molecule has 5 rings (SSSR count). The van der Waals surface area contributed by atoms with Crippen LogP contribution in [-0.2, 0) is 4.79 Å². The summed E-state index contributed by atoms with van der Waals surface area (Å²) in [5, 5.41) is 4.18. The van der Waals surface area contributed by atoms with E-state index in [1.807, 2.05) is 24.3 Å². The molecule has 3 heterocycles. The second-order valence-corrected chi connectivity index (χ2v) is 7.68. The minimum Gasteiger partial charge on any atom is -0.355 e.